The Morgan fingerprint density at radius 1 is 0.710 bits per heavy atom. The molecule has 0 bridgehead atoms. The van der Waals surface area contributed by atoms with Gasteiger partial charge in [-0.3, -0.25) is 0 Å². The summed E-state index contributed by atoms with van der Waals surface area (Å²) in [4.78, 5) is 1.09. The molecule has 152 valence electrons. The molecule has 0 heterocycles. The van der Waals surface area contributed by atoms with Crippen molar-refractivity contribution in [2.75, 3.05) is 5.32 Å². The van der Waals surface area contributed by atoms with Crippen molar-refractivity contribution in [2.24, 2.45) is 0 Å². The Labute approximate surface area is 190 Å². The number of thioether (sulfide) groups is 1. The summed E-state index contributed by atoms with van der Waals surface area (Å²) >= 11 is 7.82. The van der Waals surface area contributed by atoms with Crippen LogP contribution in [0.25, 0.3) is 21.5 Å². The van der Waals surface area contributed by atoms with Crippen LogP contribution in [0.2, 0.25) is 5.02 Å². The maximum atomic E-state index is 10.4. The Balaban J connectivity index is 1.72. The van der Waals surface area contributed by atoms with E-state index in [0.29, 0.717) is 10.7 Å². The van der Waals surface area contributed by atoms with Crippen LogP contribution in [0.15, 0.2) is 108 Å². The number of para-hydroxylation sites is 2. The van der Waals surface area contributed by atoms with Crippen molar-refractivity contribution in [3.8, 4) is 5.75 Å². The quantitative estimate of drug-likeness (QED) is 0.124. The number of benzene rings is 5. The Morgan fingerprint density at radius 2 is 1.29 bits per heavy atom. The minimum Gasteiger partial charge on any atom is -0.506 e. The monoisotopic (exact) mass is 441 g/mol. The summed E-state index contributed by atoms with van der Waals surface area (Å²) in [6.07, 6.45) is 0. The summed E-state index contributed by atoms with van der Waals surface area (Å²) in [6, 6.07) is 34.4. The number of phenols is 1. The van der Waals surface area contributed by atoms with E-state index in [1.54, 1.807) is 17.8 Å². The molecule has 0 radical (unpaired) electrons. The summed E-state index contributed by atoms with van der Waals surface area (Å²) in [5.41, 5.74) is 1.89. The van der Waals surface area contributed by atoms with Gasteiger partial charge in [0.15, 0.2) is 0 Å². The van der Waals surface area contributed by atoms with Gasteiger partial charge >= 0.3 is 0 Å². The van der Waals surface area contributed by atoms with Crippen molar-refractivity contribution >= 4 is 50.6 Å². The van der Waals surface area contributed by atoms with Crippen LogP contribution in [0.4, 0.5) is 5.69 Å². The summed E-state index contributed by atoms with van der Waals surface area (Å²) in [5.74, 6) is 0.230. The molecule has 0 amide bonds. The standard InChI is InChI=1S/C27H20ClNOS/c28-20-13-15-21(16-14-20)31-27(29-24-11-5-6-12-25(24)30)26-22-9-3-1-7-18(22)17-19-8-2-4-10-23(19)26/h1-17,27,29-30H. The van der Waals surface area contributed by atoms with Crippen LogP contribution < -0.4 is 5.32 Å². The van der Waals surface area contributed by atoms with Gasteiger partial charge < -0.3 is 10.4 Å². The van der Waals surface area contributed by atoms with Crippen molar-refractivity contribution in [3.05, 3.63) is 114 Å². The molecule has 0 aliphatic heterocycles. The number of hydrogen-bond donors (Lipinski definition) is 2. The lowest BCUT2D eigenvalue weighted by atomic mass is 9.96. The maximum Gasteiger partial charge on any atom is 0.138 e. The first-order valence-electron chi connectivity index (χ1n) is 10.1. The average Bonchev–Trinajstić information content (AvgIpc) is 2.80. The number of fused-ring (bicyclic) bond motifs is 2. The van der Waals surface area contributed by atoms with Crippen molar-refractivity contribution in [1.82, 2.24) is 0 Å². The highest BCUT2D eigenvalue weighted by Gasteiger charge is 2.20. The zero-order valence-electron chi connectivity index (χ0n) is 16.6. The fourth-order valence-electron chi connectivity index (χ4n) is 3.88. The van der Waals surface area contributed by atoms with Crippen molar-refractivity contribution < 1.29 is 5.11 Å². The second-order valence-electron chi connectivity index (χ2n) is 7.35. The number of rotatable bonds is 5. The SMILES string of the molecule is Oc1ccccc1NC(Sc1ccc(Cl)cc1)c1c2ccccc2cc2ccccc12. The highest BCUT2D eigenvalue weighted by Crippen LogP contribution is 2.43. The van der Waals surface area contributed by atoms with E-state index in [1.807, 2.05) is 42.5 Å². The van der Waals surface area contributed by atoms with E-state index in [4.69, 9.17) is 11.6 Å². The molecule has 1 unspecified atom stereocenters. The van der Waals surface area contributed by atoms with Gasteiger partial charge in [0.1, 0.15) is 11.1 Å². The Kier molecular flexibility index (Phi) is 5.46. The largest absolute Gasteiger partial charge is 0.506 e. The molecule has 2 nitrogen and oxygen atoms in total. The fourth-order valence-corrected chi connectivity index (χ4v) is 5.13. The molecule has 0 aliphatic rings. The second kappa shape index (κ2) is 8.54. The molecule has 0 aromatic heterocycles. The summed E-state index contributed by atoms with van der Waals surface area (Å²) < 4.78 is 0. The van der Waals surface area contributed by atoms with Crippen molar-refractivity contribution in [3.63, 3.8) is 0 Å². The maximum absolute atomic E-state index is 10.4. The van der Waals surface area contributed by atoms with E-state index in [0.717, 1.165) is 4.90 Å². The predicted octanol–water partition coefficient (Wildman–Crippen LogP) is 8.26. The average molecular weight is 442 g/mol. The molecule has 1 atom stereocenters. The number of halogens is 1. The molecule has 5 aromatic rings. The van der Waals surface area contributed by atoms with Gasteiger partial charge in [0.2, 0.25) is 0 Å². The molecule has 4 heteroatoms. The molecule has 0 aliphatic carbocycles. The number of aromatic hydroxyl groups is 1. The minimum absolute atomic E-state index is 0.134. The van der Waals surface area contributed by atoms with Gasteiger partial charge in [0.05, 0.1) is 5.69 Å². The van der Waals surface area contributed by atoms with E-state index in [-0.39, 0.29) is 11.1 Å². The number of hydrogen-bond acceptors (Lipinski definition) is 3. The van der Waals surface area contributed by atoms with Crippen LogP contribution in [0.3, 0.4) is 0 Å². The van der Waals surface area contributed by atoms with Crippen molar-refractivity contribution in [1.29, 1.82) is 0 Å². The highest BCUT2D eigenvalue weighted by molar-refractivity contribution is 7.99. The van der Waals surface area contributed by atoms with Gasteiger partial charge in [-0.2, -0.15) is 0 Å². The third-order valence-corrected chi connectivity index (χ3v) is 6.72. The molecular formula is C27H20ClNOS. The summed E-state index contributed by atoms with van der Waals surface area (Å²) in [6.45, 7) is 0. The van der Waals surface area contributed by atoms with Crippen LogP contribution in [0, 0.1) is 0 Å². The Morgan fingerprint density at radius 3 is 1.94 bits per heavy atom. The number of nitrogens with one attached hydrogen (secondary N) is 1. The molecule has 5 aromatic carbocycles. The highest BCUT2D eigenvalue weighted by atomic mass is 35.5. The lowest BCUT2D eigenvalue weighted by Crippen LogP contribution is -2.09. The Hall–Kier alpha value is -3.14. The molecule has 5 rings (SSSR count). The minimum atomic E-state index is -0.134. The third-order valence-electron chi connectivity index (χ3n) is 5.33. The van der Waals surface area contributed by atoms with E-state index in [1.165, 1.54) is 27.1 Å². The van der Waals surface area contributed by atoms with Crippen LogP contribution in [0.5, 0.6) is 5.75 Å². The lowest BCUT2D eigenvalue weighted by molar-refractivity contribution is 0.477. The lowest BCUT2D eigenvalue weighted by Gasteiger charge is -2.24. The van der Waals surface area contributed by atoms with Gasteiger partial charge in [-0.15, -0.1) is 0 Å². The van der Waals surface area contributed by atoms with Gasteiger partial charge in [-0.05, 0) is 64.0 Å². The molecule has 0 fully saturated rings. The molecule has 0 saturated carbocycles. The molecule has 2 N–H and O–H groups in total. The zero-order valence-corrected chi connectivity index (χ0v) is 18.2. The first kappa shape index (κ1) is 19.8. The van der Waals surface area contributed by atoms with E-state index in [9.17, 15) is 5.11 Å². The molecule has 31 heavy (non-hydrogen) atoms. The van der Waals surface area contributed by atoms with Gasteiger partial charge in [-0.25, -0.2) is 0 Å². The summed E-state index contributed by atoms with van der Waals surface area (Å²) in [7, 11) is 0. The predicted molar refractivity (Wildman–Crippen MR) is 133 cm³/mol. The normalized spacial score (nSPS) is 12.2. The van der Waals surface area contributed by atoms with Crippen LogP contribution >= 0.6 is 23.4 Å². The van der Waals surface area contributed by atoms with E-state index in [2.05, 4.69) is 59.9 Å². The third kappa shape index (κ3) is 4.07. The molecule has 0 spiro atoms. The van der Waals surface area contributed by atoms with E-state index >= 15 is 0 Å². The number of phenolic OH excluding ortho intramolecular Hbond substituents is 1. The first-order valence-corrected chi connectivity index (χ1v) is 11.3. The molecular weight excluding hydrogens is 422 g/mol. The topological polar surface area (TPSA) is 32.3 Å². The fraction of sp³-hybridized carbons (Fsp3) is 0.0370. The zero-order chi connectivity index (χ0) is 21.2. The second-order valence-corrected chi connectivity index (χ2v) is 8.96. The summed E-state index contributed by atoms with van der Waals surface area (Å²) in [5, 5.41) is 19.4. The van der Waals surface area contributed by atoms with Crippen LogP contribution in [0.1, 0.15) is 10.9 Å². The molecule has 0 saturated heterocycles. The van der Waals surface area contributed by atoms with Gasteiger partial charge in [0.25, 0.3) is 0 Å². The van der Waals surface area contributed by atoms with Crippen LogP contribution in [-0.4, -0.2) is 5.11 Å². The first-order chi connectivity index (χ1) is 15.2. The Bertz CT molecular complexity index is 1310. The van der Waals surface area contributed by atoms with Crippen molar-refractivity contribution in [2.45, 2.75) is 10.3 Å². The van der Waals surface area contributed by atoms with Gasteiger partial charge in [-0.1, -0.05) is 84.0 Å². The van der Waals surface area contributed by atoms with E-state index < -0.39 is 0 Å². The van der Waals surface area contributed by atoms with Crippen LogP contribution in [-0.2, 0) is 0 Å². The number of anilines is 1. The van der Waals surface area contributed by atoms with Gasteiger partial charge in [0, 0.05) is 15.5 Å². The smallest absolute Gasteiger partial charge is 0.138 e.